The van der Waals surface area contributed by atoms with Gasteiger partial charge in [-0.15, -0.1) is 11.3 Å². The Balaban J connectivity index is 1.46. The van der Waals surface area contributed by atoms with Gasteiger partial charge in [-0.05, 0) is 78.7 Å². The van der Waals surface area contributed by atoms with Crippen LogP contribution in [0.4, 0.5) is 0 Å². The zero-order valence-electron chi connectivity index (χ0n) is 20.9. The number of hydrogen-bond acceptors (Lipinski definition) is 5. The molecule has 0 saturated carbocycles. The Kier molecular flexibility index (Phi) is 6.67. The fourth-order valence-corrected chi connectivity index (χ4v) is 5.52. The summed E-state index contributed by atoms with van der Waals surface area (Å²) in [6.07, 6.45) is 1.74. The fraction of sp³-hybridized carbons (Fsp3) is 0.207. The van der Waals surface area contributed by atoms with Crippen LogP contribution in [0.1, 0.15) is 33.6 Å². The normalized spacial score (nSPS) is 11.2. The van der Waals surface area contributed by atoms with Crippen LogP contribution in [0, 0.1) is 20.8 Å². The van der Waals surface area contributed by atoms with E-state index in [9.17, 15) is 14.4 Å². The van der Waals surface area contributed by atoms with E-state index < -0.39 is 0 Å². The number of amides is 1. The molecule has 0 spiro atoms. The average molecular weight is 514 g/mol. The SMILES string of the molecule is Cc1cc(C)c(Cn2c(=O)n(-c3ccc(CC(=O)NCc4ccco4)cc3)c(=O)c3sccc32)c(C)c1. The maximum atomic E-state index is 13.7. The van der Waals surface area contributed by atoms with Crippen LogP contribution in [0.15, 0.2) is 80.2 Å². The third-order valence-corrected chi connectivity index (χ3v) is 7.40. The first kappa shape index (κ1) is 24.5. The minimum Gasteiger partial charge on any atom is -0.467 e. The van der Waals surface area contributed by atoms with Crippen molar-refractivity contribution in [3.8, 4) is 5.69 Å². The van der Waals surface area contributed by atoms with Gasteiger partial charge in [0.15, 0.2) is 0 Å². The molecule has 5 rings (SSSR count). The number of nitrogens with zero attached hydrogens (tertiary/aromatic N) is 2. The molecule has 0 aliphatic heterocycles. The molecule has 0 saturated heterocycles. The van der Waals surface area contributed by atoms with E-state index in [4.69, 9.17) is 4.42 Å². The highest BCUT2D eigenvalue weighted by molar-refractivity contribution is 7.17. The fourth-order valence-electron chi connectivity index (χ4n) is 4.69. The minimum absolute atomic E-state index is 0.146. The number of aryl methyl sites for hydroxylation is 3. The topological polar surface area (TPSA) is 86.2 Å². The van der Waals surface area contributed by atoms with Crippen LogP contribution in [-0.4, -0.2) is 15.0 Å². The second-order valence-corrected chi connectivity index (χ2v) is 10.1. The lowest BCUT2D eigenvalue weighted by Crippen LogP contribution is -2.38. The van der Waals surface area contributed by atoms with Crippen LogP contribution in [0.3, 0.4) is 0 Å². The highest BCUT2D eigenvalue weighted by Crippen LogP contribution is 2.21. The molecule has 0 fully saturated rings. The molecule has 37 heavy (non-hydrogen) atoms. The summed E-state index contributed by atoms with van der Waals surface area (Å²) in [5.74, 6) is 0.534. The molecule has 2 aromatic carbocycles. The van der Waals surface area contributed by atoms with Gasteiger partial charge in [-0.3, -0.25) is 14.2 Å². The summed E-state index contributed by atoms with van der Waals surface area (Å²) in [4.78, 5) is 39.4. The molecule has 0 aliphatic rings. The van der Waals surface area contributed by atoms with Gasteiger partial charge in [-0.1, -0.05) is 29.8 Å². The van der Waals surface area contributed by atoms with Gasteiger partial charge >= 0.3 is 5.69 Å². The first-order valence-electron chi connectivity index (χ1n) is 12.0. The standard InChI is InChI=1S/C29H27N3O4S/c1-18-13-19(2)24(20(3)14-18)17-31-25-10-12-37-27(25)28(34)32(29(31)35)22-8-6-21(7-9-22)15-26(33)30-16-23-5-4-11-36-23/h4-14H,15-17H2,1-3H3,(H,30,33). The molecule has 5 aromatic rings. The van der Waals surface area contributed by atoms with E-state index in [1.54, 1.807) is 47.2 Å². The number of fused-ring (bicyclic) bond motifs is 1. The number of nitrogens with one attached hydrogen (secondary N) is 1. The van der Waals surface area contributed by atoms with Gasteiger partial charge in [0.25, 0.3) is 5.56 Å². The molecule has 8 heteroatoms. The molecule has 0 atom stereocenters. The number of furan rings is 1. The van der Waals surface area contributed by atoms with E-state index in [1.807, 2.05) is 25.3 Å². The molecule has 188 valence electrons. The summed E-state index contributed by atoms with van der Waals surface area (Å²) in [7, 11) is 0. The number of rotatable bonds is 7. The van der Waals surface area contributed by atoms with Crippen LogP contribution >= 0.6 is 11.3 Å². The van der Waals surface area contributed by atoms with Crippen molar-refractivity contribution in [1.29, 1.82) is 0 Å². The molecule has 0 bridgehead atoms. The van der Waals surface area contributed by atoms with Gasteiger partial charge in [0.2, 0.25) is 5.91 Å². The number of carbonyl (C=O) groups excluding carboxylic acids is 1. The number of hydrogen-bond donors (Lipinski definition) is 1. The first-order chi connectivity index (χ1) is 17.8. The van der Waals surface area contributed by atoms with Gasteiger partial charge in [-0.2, -0.15) is 0 Å². The molecular formula is C29H27N3O4S. The number of thiophene rings is 1. The Morgan fingerprint density at radius 1 is 1.00 bits per heavy atom. The van der Waals surface area contributed by atoms with Gasteiger partial charge in [0, 0.05) is 0 Å². The zero-order valence-corrected chi connectivity index (χ0v) is 21.7. The molecule has 0 aliphatic carbocycles. The summed E-state index contributed by atoms with van der Waals surface area (Å²) in [5.41, 5.74) is 5.62. The van der Waals surface area contributed by atoms with Crippen molar-refractivity contribution in [3.63, 3.8) is 0 Å². The Bertz CT molecular complexity index is 1680. The van der Waals surface area contributed by atoms with E-state index in [2.05, 4.69) is 24.4 Å². The lowest BCUT2D eigenvalue weighted by molar-refractivity contribution is -0.120. The first-order valence-corrected chi connectivity index (χ1v) is 12.9. The van der Waals surface area contributed by atoms with E-state index in [-0.39, 0.29) is 23.6 Å². The molecule has 1 N–H and O–H groups in total. The Morgan fingerprint density at radius 3 is 2.41 bits per heavy atom. The van der Waals surface area contributed by atoms with E-state index >= 15 is 0 Å². The van der Waals surface area contributed by atoms with Crippen LogP contribution in [0.25, 0.3) is 15.9 Å². The average Bonchev–Trinajstić information content (AvgIpc) is 3.55. The molecule has 0 radical (unpaired) electrons. The quantitative estimate of drug-likeness (QED) is 0.344. The summed E-state index contributed by atoms with van der Waals surface area (Å²) in [6.45, 7) is 6.84. The van der Waals surface area contributed by atoms with Crippen molar-refractivity contribution >= 4 is 27.5 Å². The molecular weight excluding hydrogens is 486 g/mol. The highest BCUT2D eigenvalue weighted by atomic mass is 32.1. The van der Waals surface area contributed by atoms with Crippen LogP contribution < -0.4 is 16.6 Å². The van der Waals surface area contributed by atoms with Gasteiger partial charge in [0.1, 0.15) is 10.5 Å². The van der Waals surface area contributed by atoms with Crippen molar-refractivity contribution in [2.24, 2.45) is 0 Å². The molecule has 3 heterocycles. The second kappa shape index (κ2) is 10.1. The smallest absolute Gasteiger partial charge is 0.336 e. The van der Waals surface area contributed by atoms with Crippen LogP contribution in [0.2, 0.25) is 0 Å². The molecule has 0 unspecified atom stereocenters. The summed E-state index contributed by atoms with van der Waals surface area (Å²) in [5, 5.41) is 4.66. The zero-order chi connectivity index (χ0) is 26.1. The van der Waals surface area contributed by atoms with E-state index in [0.29, 0.717) is 34.8 Å². The predicted molar refractivity (Wildman–Crippen MR) is 146 cm³/mol. The molecule has 3 aromatic heterocycles. The summed E-state index contributed by atoms with van der Waals surface area (Å²) in [6, 6.07) is 16.6. The maximum absolute atomic E-state index is 13.7. The molecule has 1 amide bonds. The third-order valence-electron chi connectivity index (χ3n) is 6.51. The lowest BCUT2D eigenvalue weighted by atomic mass is 10.00. The Hall–Kier alpha value is -4.17. The van der Waals surface area contributed by atoms with E-state index in [1.165, 1.54) is 21.5 Å². The van der Waals surface area contributed by atoms with Crippen LogP contribution in [0.5, 0.6) is 0 Å². The minimum atomic E-state index is -0.390. The van der Waals surface area contributed by atoms with Crippen LogP contribution in [-0.2, 0) is 24.3 Å². The van der Waals surface area contributed by atoms with E-state index in [0.717, 1.165) is 22.3 Å². The number of carbonyl (C=O) groups is 1. The monoisotopic (exact) mass is 513 g/mol. The second-order valence-electron chi connectivity index (χ2n) is 9.22. The Labute approximate surface area is 217 Å². The maximum Gasteiger partial charge on any atom is 0.336 e. The van der Waals surface area contributed by atoms with Crippen molar-refractivity contribution in [2.45, 2.75) is 40.3 Å². The van der Waals surface area contributed by atoms with Crippen molar-refractivity contribution < 1.29 is 9.21 Å². The largest absolute Gasteiger partial charge is 0.467 e. The van der Waals surface area contributed by atoms with Gasteiger partial charge in [-0.25, -0.2) is 9.36 Å². The number of aromatic nitrogens is 2. The van der Waals surface area contributed by atoms with Gasteiger partial charge < -0.3 is 9.73 Å². The summed E-state index contributed by atoms with van der Waals surface area (Å²) < 4.78 is 8.66. The predicted octanol–water partition coefficient (Wildman–Crippen LogP) is 4.64. The highest BCUT2D eigenvalue weighted by Gasteiger charge is 2.17. The van der Waals surface area contributed by atoms with Gasteiger partial charge in [0.05, 0.1) is 37.0 Å². The van der Waals surface area contributed by atoms with Crippen molar-refractivity contribution in [3.05, 3.63) is 121 Å². The Morgan fingerprint density at radius 2 is 1.73 bits per heavy atom. The third kappa shape index (κ3) is 4.93. The van der Waals surface area contributed by atoms with Crippen molar-refractivity contribution in [1.82, 2.24) is 14.5 Å². The van der Waals surface area contributed by atoms with Crippen molar-refractivity contribution in [2.75, 3.05) is 0 Å². The molecule has 7 nitrogen and oxygen atoms in total. The summed E-state index contributed by atoms with van der Waals surface area (Å²) >= 11 is 1.33. The number of benzene rings is 2. The lowest BCUT2D eigenvalue weighted by Gasteiger charge is -2.16.